The number of aliphatic hydroxyl groups is 1. The van der Waals surface area contributed by atoms with Crippen LogP contribution in [0.2, 0.25) is 0 Å². The molecule has 18 heavy (non-hydrogen) atoms. The fraction of sp³-hybridized carbons (Fsp3) is 0.385. The van der Waals surface area contributed by atoms with Crippen LogP contribution >= 0.6 is 0 Å². The number of hydrogen-bond donors (Lipinski definition) is 1. The maximum atomic E-state index is 12.2. The molecular formula is C13H15NO4. The molecule has 1 N–H and O–H groups in total. The molecule has 1 heterocycles. The normalized spacial score (nSPS) is 17.3. The summed E-state index contributed by atoms with van der Waals surface area (Å²) in [6.07, 6.45) is -0.976. The summed E-state index contributed by atoms with van der Waals surface area (Å²) < 4.78 is 4.64. The first-order valence-electron chi connectivity index (χ1n) is 5.71. The van der Waals surface area contributed by atoms with Crippen LogP contribution in [-0.4, -0.2) is 41.1 Å². The smallest absolute Gasteiger partial charge is 0.331 e. The van der Waals surface area contributed by atoms with E-state index in [1.807, 2.05) is 12.1 Å². The topological polar surface area (TPSA) is 66.8 Å². The van der Waals surface area contributed by atoms with Crippen LogP contribution in [0.4, 0.5) is 0 Å². The summed E-state index contributed by atoms with van der Waals surface area (Å²) in [5.74, 6) is -0.854. The molecule has 96 valence electrons. The molecule has 2 atom stereocenters. The first-order chi connectivity index (χ1) is 8.56. The molecule has 0 radical (unpaired) electrons. The molecule has 0 aliphatic carbocycles. The number of hydrogen-bond acceptors (Lipinski definition) is 4. The zero-order chi connectivity index (χ0) is 13.3. The van der Waals surface area contributed by atoms with E-state index in [1.165, 1.54) is 18.9 Å². The van der Waals surface area contributed by atoms with Gasteiger partial charge >= 0.3 is 5.97 Å². The average molecular weight is 249 g/mol. The average Bonchev–Trinajstić information content (AvgIpc) is 2.67. The first-order valence-corrected chi connectivity index (χ1v) is 5.71. The zero-order valence-electron chi connectivity index (χ0n) is 10.3. The fourth-order valence-corrected chi connectivity index (χ4v) is 2.21. The van der Waals surface area contributed by atoms with E-state index in [1.54, 1.807) is 12.1 Å². The van der Waals surface area contributed by atoms with Crippen molar-refractivity contribution in [2.75, 3.05) is 7.11 Å². The third-order valence-corrected chi connectivity index (χ3v) is 3.08. The standard InChI is InChI=1S/C13H15NO4/c1-8(15)11(13(17)18-2)14-7-9-5-3-4-6-10(9)12(14)16/h3-6,8,11,15H,7H2,1-2H3/t8-,11-/m1/s1. The van der Waals surface area contributed by atoms with Crippen LogP contribution in [0.15, 0.2) is 24.3 Å². The number of fused-ring (bicyclic) bond motifs is 1. The zero-order valence-corrected chi connectivity index (χ0v) is 10.3. The SMILES string of the molecule is COC(=O)[C@@H]([C@@H](C)O)N1Cc2ccccc2C1=O. The summed E-state index contributed by atoms with van der Waals surface area (Å²) in [6.45, 7) is 1.79. The molecule has 0 saturated carbocycles. The first kappa shape index (κ1) is 12.6. The Morgan fingerprint density at radius 1 is 1.44 bits per heavy atom. The Labute approximate surface area is 105 Å². The minimum atomic E-state index is -0.976. The van der Waals surface area contributed by atoms with Gasteiger partial charge < -0.3 is 14.7 Å². The fourth-order valence-electron chi connectivity index (χ4n) is 2.21. The predicted molar refractivity (Wildman–Crippen MR) is 63.8 cm³/mol. The lowest BCUT2D eigenvalue weighted by Gasteiger charge is -2.27. The van der Waals surface area contributed by atoms with Gasteiger partial charge in [-0.25, -0.2) is 4.79 Å². The predicted octanol–water partition coefficient (Wildman–Crippen LogP) is 0.565. The Morgan fingerprint density at radius 2 is 2.11 bits per heavy atom. The number of ether oxygens (including phenoxy) is 1. The third-order valence-electron chi connectivity index (χ3n) is 3.08. The third kappa shape index (κ3) is 1.97. The number of nitrogens with zero attached hydrogens (tertiary/aromatic N) is 1. The molecule has 0 aromatic heterocycles. The molecular weight excluding hydrogens is 234 g/mol. The molecule has 1 aliphatic heterocycles. The van der Waals surface area contributed by atoms with Crippen molar-refractivity contribution in [3.05, 3.63) is 35.4 Å². The number of rotatable bonds is 3. The summed E-state index contributed by atoms with van der Waals surface area (Å²) in [7, 11) is 1.24. The lowest BCUT2D eigenvalue weighted by Crippen LogP contribution is -2.48. The number of benzene rings is 1. The van der Waals surface area contributed by atoms with Gasteiger partial charge in [-0.2, -0.15) is 0 Å². The Morgan fingerprint density at radius 3 is 2.67 bits per heavy atom. The van der Waals surface area contributed by atoms with E-state index in [0.29, 0.717) is 12.1 Å². The van der Waals surface area contributed by atoms with Crippen LogP contribution < -0.4 is 0 Å². The highest BCUT2D eigenvalue weighted by atomic mass is 16.5. The molecule has 0 unspecified atom stereocenters. The van der Waals surface area contributed by atoms with Gasteiger partial charge in [-0.05, 0) is 18.6 Å². The van der Waals surface area contributed by atoms with Gasteiger partial charge in [0.2, 0.25) is 0 Å². The van der Waals surface area contributed by atoms with Gasteiger partial charge in [-0.3, -0.25) is 4.79 Å². The summed E-state index contributed by atoms with van der Waals surface area (Å²) in [4.78, 5) is 25.2. The molecule has 1 aromatic carbocycles. The molecule has 0 saturated heterocycles. The molecule has 0 spiro atoms. The Kier molecular flexibility index (Phi) is 3.34. The molecule has 5 heteroatoms. The Bertz CT molecular complexity index is 484. The van der Waals surface area contributed by atoms with Gasteiger partial charge in [0.05, 0.1) is 13.2 Å². The van der Waals surface area contributed by atoms with Gasteiger partial charge in [0.25, 0.3) is 5.91 Å². The minimum absolute atomic E-state index is 0.248. The second-order valence-corrected chi connectivity index (χ2v) is 4.30. The summed E-state index contributed by atoms with van der Waals surface area (Å²) in [6, 6.07) is 6.20. The summed E-state index contributed by atoms with van der Waals surface area (Å²) in [5, 5.41) is 9.68. The van der Waals surface area contributed by atoms with Crippen molar-refractivity contribution in [1.29, 1.82) is 0 Å². The van der Waals surface area contributed by atoms with E-state index in [9.17, 15) is 14.7 Å². The van der Waals surface area contributed by atoms with Gasteiger partial charge in [0, 0.05) is 12.1 Å². The van der Waals surface area contributed by atoms with Crippen molar-refractivity contribution in [3.8, 4) is 0 Å². The molecule has 1 amide bonds. The van der Waals surface area contributed by atoms with Crippen LogP contribution in [0.5, 0.6) is 0 Å². The van der Waals surface area contributed by atoms with Gasteiger partial charge in [0.1, 0.15) is 0 Å². The van der Waals surface area contributed by atoms with E-state index >= 15 is 0 Å². The van der Waals surface area contributed by atoms with Crippen molar-refractivity contribution >= 4 is 11.9 Å². The van der Waals surface area contributed by atoms with Crippen LogP contribution in [0.25, 0.3) is 0 Å². The second-order valence-electron chi connectivity index (χ2n) is 4.30. The van der Waals surface area contributed by atoms with Gasteiger partial charge in [0.15, 0.2) is 6.04 Å². The maximum absolute atomic E-state index is 12.2. The number of amides is 1. The molecule has 0 fully saturated rings. The van der Waals surface area contributed by atoms with E-state index in [2.05, 4.69) is 4.74 Å². The van der Waals surface area contributed by atoms with Crippen molar-refractivity contribution < 1.29 is 19.4 Å². The molecule has 5 nitrogen and oxygen atoms in total. The maximum Gasteiger partial charge on any atom is 0.331 e. The molecule has 1 aliphatic rings. The number of carbonyl (C=O) groups excluding carboxylic acids is 2. The van der Waals surface area contributed by atoms with Crippen LogP contribution in [-0.2, 0) is 16.1 Å². The Hall–Kier alpha value is -1.88. The van der Waals surface area contributed by atoms with E-state index < -0.39 is 18.1 Å². The van der Waals surface area contributed by atoms with Crippen molar-refractivity contribution in [2.24, 2.45) is 0 Å². The quantitative estimate of drug-likeness (QED) is 0.795. The van der Waals surface area contributed by atoms with Crippen molar-refractivity contribution in [3.63, 3.8) is 0 Å². The van der Waals surface area contributed by atoms with Crippen molar-refractivity contribution in [2.45, 2.75) is 25.6 Å². The number of carbonyl (C=O) groups is 2. The number of esters is 1. The lowest BCUT2D eigenvalue weighted by atomic mass is 10.1. The van der Waals surface area contributed by atoms with E-state index in [0.717, 1.165) is 5.56 Å². The highest BCUT2D eigenvalue weighted by Gasteiger charge is 2.39. The lowest BCUT2D eigenvalue weighted by molar-refractivity contribution is -0.149. The molecule has 0 bridgehead atoms. The van der Waals surface area contributed by atoms with E-state index in [4.69, 9.17) is 0 Å². The largest absolute Gasteiger partial charge is 0.467 e. The monoisotopic (exact) mass is 249 g/mol. The number of aliphatic hydroxyl groups excluding tert-OH is 1. The second kappa shape index (κ2) is 4.78. The highest BCUT2D eigenvalue weighted by molar-refractivity contribution is 6.00. The minimum Gasteiger partial charge on any atom is -0.467 e. The highest BCUT2D eigenvalue weighted by Crippen LogP contribution is 2.25. The molecule has 1 aromatic rings. The van der Waals surface area contributed by atoms with Crippen LogP contribution in [0, 0.1) is 0 Å². The number of methoxy groups -OCH3 is 1. The Balaban J connectivity index is 2.31. The van der Waals surface area contributed by atoms with Crippen molar-refractivity contribution in [1.82, 2.24) is 4.90 Å². The van der Waals surface area contributed by atoms with Gasteiger partial charge in [-0.15, -0.1) is 0 Å². The molecule has 2 rings (SSSR count). The summed E-state index contributed by atoms with van der Waals surface area (Å²) >= 11 is 0. The van der Waals surface area contributed by atoms with Crippen LogP contribution in [0.3, 0.4) is 0 Å². The van der Waals surface area contributed by atoms with Crippen LogP contribution in [0.1, 0.15) is 22.8 Å². The van der Waals surface area contributed by atoms with E-state index in [-0.39, 0.29) is 5.91 Å². The van der Waals surface area contributed by atoms with Gasteiger partial charge in [-0.1, -0.05) is 18.2 Å². The summed E-state index contributed by atoms with van der Waals surface area (Å²) in [5.41, 5.74) is 1.43.